The molecule has 0 aliphatic rings. The summed E-state index contributed by atoms with van der Waals surface area (Å²) in [7, 11) is -4.74. The third-order valence-electron chi connectivity index (χ3n) is 3.83. The lowest BCUT2D eigenvalue weighted by atomic mass is 10.3. The molecule has 180 valence electrons. The summed E-state index contributed by atoms with van der Waals surface area (Å²) in [6, 6.07) is 0. The Kier molecular flexibility index (Phi) is 8.60. The Hall–Kier alpha value is -2.25. The van der Waals surface area contributed by atoms with Gasteiger partial charge in [-0.2, -0.15) is 26.3 Å². The first kappa shape index (κ1) is 26.0. The molecule has 0 atom stereocenters. The van der Waals surface area contributed by atoms with Crippen LogP contribution >= 0.6 is 7.14 Å². The molecule has 1 amide bonds. The fourth-order valence-electron chi connectivity index (χ4n) is 2.67. The topological polar surface area (TPSA) is 108 Å². The molecule has 16 heteroatoms. The zero-order chi connectivity index (χ0) is 24.0. The summed E-state index contributed by atoms with van der Waals surface area (Å²) >= 11 is 0. The number of fused-ring (bicyclic) bond motifs is 1. The Morgan fingerprint density at radius 2 is 1.75 bits per heavy atom. The van der Waals surface area contributed by atoms with Crippen molar-refractivity contribution in [2.45, 2.75) is 32.2 Å². The second kappa shape index (κ2) is 10.6. The zero-order valence-corrected chi connectivity index (χ0v) is 17.6. The second-order valence-corrected chi connectivity index (χ2v) is 9.76. The van der Waals surface area contributed by atoms with Crippen molar-refractivity contribution in [2.24, 2.45) is 0 Å². The predicted octanol–water partition coefficient (Wildman–Crippen LogP) is 3.36. The number of rotatable bonds is 11. The summed E-state index contributed by atoms with van der Waals surface area (Å²) in [5, 5.41) is 0. The van der Waals surface area contributed by atoms with E-state index in [1.54, 1.807) is 0 Å². The highest BCUT2D eigenvalue weighted by Gasteiger charge is 2.46. The van der Waals surface area contributed by atoms with Gasteiger partial charge in [-0.25, -0.2) is 20.4 Å². The number of nitrogens with one attached hydrogen (secondary N) is 1. The van der Waals surface area contributed by atoms with Crippen LogP contribution in [0.5, 0.6) is 0 Å². The molecule has 2 heterocycles. The molecule has 0 fully saturated rings. The molecular formula is C16H20F6N5O4P. The lowest BCUT2D eigenvalue weighted by Gasteiger charge is -2.21. The normalized spacial score (nSPS) is 13.0. The minimum atomic E-state index is -5.03. The largest absolute Gasteiger partial charge is 0.395 e. The first-order valence-corrected chi connectivity index (χ1v) is 11.5. The van der Waals surface area contributed by atoms with Gasteiger partial charge in [-0.3, -0.25) is 9.63 Å². The number of carbonyl (C=O) groups excluding carboxylic acids is 1. The summed E-state index contributed by atoms with van der Waals surface area (Å²) in [5.41, 5.74) is 2.38. The molecule has 2 aromatic rings. The summed E-state index contributed by atoms with van der Waals surface area (Å²) in [4.78, 5) is 28.9. The number of hydrogen-bond donors (Lipinski definition) is 1. The van der Waals surface area contributed by atoms with Gasteiger partial charge in [-0.1, -0.05) is 6.92 Å². The molecule has 0 unspecified atom stereocenters. The Morgan fingerprint density at radius 1 is 1.09 bits per heavy atom. The van der Waals surface area contributed by atoms with Crippen LogP contribution in [-0.2, 0) is 20.7 Å². The minimum Gasteiger partial charge on any atom is -0.372 e. The van der Waals surface area contributed by atoms with E-state index in [4.69, 9.17) is 9.57 Å². The van der Waals surface area contributed by atoms with Gasteiger partial charge in [-0.05, 0) is 6.42 Å². The molecule has 0 spiro atoms. The fraction of sp³-hybridized carbons (Fsp3) is 0.625. The van der Waals surface area contributed by atoms with Crippen LogP contribution in [0.1, 0.15) is 23.8 Å². The maximum Gasteiger partial charge on any atom is 0.395 e. The van der Waals surface area contributed by atoms with Gasteiger partial charge in [0.2, 0.25) is 0 Å². The van der Waals surface area contributed by atoms with Gasteiger partial charge in [-0.15, -0.1) is 0 Å². The van der Waals surface area contributed by atoms with E-state index < -0.39 is 44.1 Å². The molecule has 0 saturated carbocycles. The maximum atomic E-state index is 12.6. The number of alkyl halides is 6. The standard InChI is InChI=1S/C16H20F6N5O4P/c1-2-4-31-26-14(28)12-11-13(24-8-23-12)27(9-25-11)3-5-30-10-32(29,6-15(17,18)19)7-16(20,21)22/h8-9H,2-7,10H2,1H3,(H,26,28). The van der Waals surface area contributed by atoms with E-state index in [0.29, 0.717) is 6.42 Å². The Labute approximate surface area is 177 Å². The summed E-state index contributed by atoms with van der Waals surface area (Å²) < 4.78 is 93.9. The number of ether oxygens (including phenoxy) is 1. The van der Waals surface area contributed by atoms with Gasteiger partial charge < -0.3 is 13.9 Å². The zero-order valence-electron chi connectivity index (χ0n) is 16.7. The predicted molar refractivity (Wildman–Crippen MR) is 99.3 cm³/mol. The number of hydroxylamine groups is 1. The Morgan fingerprint density at radius 3 is 2.34 bits per heavy atom. The smallest absolute Gasteiger partial charge is 0.372 e. The molecule has 0 aromatic carbocycles. The van der Waals surface area contributed by atoms with Gasteiger partial charge in [0.05, 0.1) is 31.9 Å². The van der Waals surface area contributed by atoms with Crippen molar-refractivity contribution in [3.8, 4) is 0 Å². The molecule has 1 N–H and O–H groups in total. The first-order valence-electron chi connectivity index (χ1n) is 9.20. The van der Waals surface area contributed by atoms with Crippen LogP contribution in [0.25, 0.3) is 11.2 Å². The molecule has 9 nitrogen and oxygen atoms in total. The molecule has 0 saturated heterocycles. The van der Waals surface area contributed by atoms with Crippen molar-refractivity contribution < 1.29 is 45.3 Å². The molecule has 2 rings (SSSR count). The SMILES string of the molecule is CCCONC(=O)c1ncnc2c1ncn2CCOCP(=O)(CC(F)(F)F)CC(F)(F)F. The van der Waals surface area contributed by atoms with Crippen molar-refractivity contribution in [2.75, 3.05) is 31.9 Å². The van der Waals surface area contributed by atoms with Gasteiger partial charge in [0.15, 0.2) is 11.3 Å². The molecule has 0 aliphatic carbocycles. The Bertz CT molecular complexity index is 945. The van der Waals surface area contributed by atoms with Crippen LogP contribution in [-0.4, -0.2) is 69.7 Å². The van der Waals surface area contributed by atoms with Gasteiger partial charge in [0.25, 0.3) is 5.91 Å². The van der Waals surface area contributed by atoms with Crippen LogP contribution in [0.15, 0.2) is 12.7 Å². The van der Waals surface area contributed by atoms with E-state index in [0.717, 1.165) is 6.33 Å². The molecule has 0 aliphatic heterocycles. The third-order valence-corrected chi connectivity index (χ3v) is 6.35. The third kappa shape index (κ3) is 8.02. The molecule has 0 bridgehead atoms. The van der Waals surface area contributed by atoms with Gasteiger partial charge in [0, 0.05) is 6.54 Å². The average molecular weight is 491 g/mol. The average Bonchev–Trinajstić information content (AvgIpc) is 3.05. The number of imidazole rings is 1. The number of aromatic nitrogens is 4. The van der Waals surface area contributed by atoms with Gasteiger partial charge in [0.1, 0.15) is 25.3 Å². The number of hydrogen-bond acceptors (Lipinski definition) is 7. The van der Waals surface area contributed by atoms with Crippen LogP contribution < -0.4 is 5.48 Å². The van der Waals surface area contributed by atoms with E-state index in [2.05, 4.69) is 20.4 Å². The summed E-state index contributed by atoms with van der Waals surface area (Å²) in [6.07, 6.45) is -12.4. The van der Waals surface area contributed by atoms with Crippen LogP contribution in [0.2, 0.25) is 0 Å². The fourth-order valence-corrected chi connectivity index (χ4v) is 4.74. The van der Waals surface area contributed by atoms with Crippen molar-refractivity contribution in [1.82, 2.24) is 25.0 Å². The van der Waals surface area contributed by atoms with Crippen molar-refractivity contribution in [3.63, 3.8) is 0 Å². The van der Waals surface area contributed by atoms with Crippen molar-refractivity contribution in [1.29, 1.82) is 0 Å². The van der Waals surface area contributed by atoms with E-state index in [1.807, 2.05) is 6.92 Å². The quantitative estimate of drug-likeness (QED) is 0.222. The van der Waals surface area contributed by atoms with Crippen LogP contribution in [0, 0.1) is 0 Å². The molecule has 2 aromatic heterocycles. The molecule has 0 radical (unpaired) electrons. The lowest BCUT2D eigenvalue weighted by molar-refractivity contribution is -0.113. The number of amides is 1. The second-order valence-electron chi connectivity index (χ2n) is 6.75. The highest BCUT2D eigenvalue weighted by molar-refractivity contribution is 7.63. The molecule has 32 heavy (non-hydrogen) atoms. The van der Waals surface area contributed by atoms with E-state index in [-0.39, 0.29) is 36.6 Å². The van der Waals surface area contributed by atoms with E-state index >= 15 is 0 Å². The lowest BCUT2D eigenvalue weighted by Crippen LogP contribution is -2.25. The van der Waals surface area contributed by atoms with Gasteiger partial charge >= 0.3 is 12.4 Å². The summed E-state index contributed by atoms with van der Waals surface area (Å²) in [5.74, 6) is -0.674. The molecular weight excluding hydrogens is 471 g/mol. The Balaban J connectivity index is 2.03. The minimum absolute atomic E-state index is 0.0844. The van der Waals surface area contributed by atoms with Crippen LogP contribution in [0.3, 0.4) is 0 Å². The number of nitrogens with zero attached hydrogens (tertiary/aromatic N) is 4. The van der Waals surface area contributed by atoms with Crippen molar-refractivity contribution in [3.05, 3.63) is 18.3 Å². The highest BCUT2D eigenvalue weighted by Crippen LogP contribution is 2.53. The number of halogens is 6. The first-order chi connectivity index (χ1) is 14.8. The van der Waals surface area contributed by atoms with E-state index in [9.17, 15) is 35.7 Å². The summed E-state index contributed by atoms with van der Waals surface area (Å²) in [6.45, 7) is 1.66. The van der Waals surface area contributed by atoms with Crippen molar-refractivity contribution >= 4 is 24.2 Å². The maximum absolute atomic E-state index is 12.6. The monoisotopic (exact) mass is 491 g/mol. The van der Waals surface area contributed by atoms with Crippen LogP contribution in [0.4, 0.5) is 26.3 Å². The van der Waals surface area contributed by atoms with E-state index in [1.165, 1.54) is 10.9 Å². The highest BCUT2D eigenvalue weighted by atomic mass is 31.2. The number of carbonyl (C=O) groups is 1.